The second-order valence-corrected chi connectivity index (χ2v) is 10.4. The molecule has 1 aromatic carbocycles. The zero-order chi connectivity index (χ0) is 26.1. The third kappa shape index (κ3) is 5.31. The van der Waals surface area contributed by atoms with Gasteiger partial charge in [0.05, 0.1) is 0 Å². The highest BCUT2D eigenvalue weighted by atomic mass is 32.2. The van der Waals surface area contributed by atoms with E-state index in [0.29, 0.717) is 42.5 Å². The van der Waals surface area contributed by atoms with E-state index in [1.165, 1.54) is 25.0 Å². The van der Waals surface area contributed by atoms with Gasteiger partial charge in [-0.15, -0.1) is 0 Å². The number of nitrogens with two attached hydrogens (primary N) is 1. The van der Waals surface area contributed by atoms with Gasteiger partial charge in [0.25, 0.3) is 5.91 Å². The summed E-state index contributed by atoms with van der Waals surface area (Å²) in [6.07, 6.45) is 3.38. The lowest BCUT2D eigenvalue weighted by atomic mass is 9.93. The number of hydrogen-bond acceptors (Lipinski definition) is 10. The number of benzene rings is 1. The van der Waals surface area contributed by atoms with Crippen LogP contribution in [-0.2, 0) is 20.9 Å². The number of rotatable bonds is 7. The number of fused-ring (bicyclic) bond motifs is 2. The number of likely N-dealkylation sites (tertiary alicyclic amines) is 1. The summed E-state index contributed by atoms with van der Waals surface area (Å²) >= 11 is 1.54. The molecule has 0 spiro atoms. The SMILES string of the molecule is Bc1cc2c(cc1Sc1nc3c(N)ncnc3n1CCC1CCN(C(=O)[C@H](C)OC(C)=O)CC1)OCO2. The minimum atomic E-state index is -0.754. The average Bonchev–Trinajstić information content (AvgIpc) is 3.47. The molecule has 0 saturated carbocycles. The second-order valence-electron chi connectivity index (χ2n) is 9.36. The lowest BCUT2D eigenvalue weighted by Crippen LogP contribution is -2.44. The van der Waals surface area contributed by atoms with Gasteiger partial charge in [-0.1, -0.05) is 17.2 Å². The van der Waals surface area contributed by atoms with Crippen molar-refractivity contribution in [2.24, 2.45) is 5.92 Å². The minimum absolute atomic E-state index is 0.140. The topological polar surface area (TPSA) is 135 Å². The second kappa shape index (κ2) is 10.5. The first-order chi connectivity index (χ1) is 17.8. The monoisotopic (exact) mass is 524 g/mol. The maximum absolute atomic E-state index is 12.6. The van der Waals surface area contributed by atoms with E-state index in [1.54, 1.807) is 11.8 Å². The highest BCUT2D eigenvalue weighted by molar-refractivity contribution is 7.99. The number of nitrogens with zero attached hydrogens (tertiary/aromatic N) is 5. The molecule has 1 fully saturated rings. The van der Waals surface area contributed by atoms with Crippen molar-refractivity contribution in [1.82, 2.24) is 24.4 Å². The molecular weight excluding hydrogens is 495 g/mol. The number of esters is 1. The van der Waals surface area contributed by atoms with Crippen LogP contribution in [0.5, 0.6) is 11.5 Å². The zero-order valence-electron chi connectivity index (χ0n) is 21.1. The molecule has 2 aliphatic rings. The van der Waals surface area contributed by atoms with Gasteiger partial charge in [-0.2, -0.15) is 0 Å². The maximum atomic E-state index is 12.6. The van der Waals surface area contributed by atoms with Crippen LogP contribution in [0.4, 0.5) is 5.82 Å². The Morgan fingerprint density at radius 2 is 1.97 bits per heavy atom. The van der Waals surface area contributed by atoms with E-state index in [2.05, 4.69) is 14.5 Å². The van der Waals surface area contributed by atoms with Crippen LogP contribution in [0.2, 0.25) is 0 Å². The van der Waals surface area contributed by atoms with Crippen molar-refractivity contribution < 1.29 is 23.8 Å². The molecule has 1 amide bonds. The lowest BCUT2D eigenvalue weighted by molar-refractivity contribution is -0.158. The molecule has 1 atom stereocenters. The van der Waals surface area contributed by atoms with Crippen LogP contribution < -0.4 is 20.7 Å². The van der Waals surface area contributed by atoms with Gasteiger partial charge in [-0.3, -0.25) is 9.59 Å². The number of hydrogen-bond donors (Lipinski definition) is 1. The van der Waals surface area contributed by atoms with Crippen LogP contribution in [-0.4, -0.2) is 70.1 Å². The molecule has 0 aliphatic carbocycles. The predicted octanol–water partition coefficient (Wildman–Crippen LogP) is 1.13. The van der Waals surface area contributed by atoms with Gasteiger partial charge in [0.1, 0.15) is 14.2 Å². The van der Waals surface area contributed by atoms with E-state index in [1.807, 2.05) is 20.0 Å². The molecule has 0 radical (unpaired) electrons. The third-order valence-electron chi connectivity index (χ3n) is 6.77. The van der Waals surface area contributed by atoms with Crippen LogP contribution in [0.3, 0.4) is 0 Å². The van der Waals surface area contributed by atoms with E-state index >= 15 is 0 Å². The fourth-order valence-corrected chi connectivity index (χ4v) is 5.76. The first-order valence-electron chi connectivity index (χ1n) is 12.3. The molecule has 3 aromatic rings. The van der Waals surface area contributed by atoms with Gasteiger partial charge < -0.3 is 29.4 Å². The smallest absolute Gasteiger partial charge is 0.303 e. The summed E-state index contributed by atoms with van der Waals surface area (Å²) in [6, 6.07) is 3.95. The van der Waals surface area contributed by atoms with Gasteiger partial charge >= 0.3 is 5.97 Å². The van der Waals surface area contributed by atoms with E-state index < -0.39 is 12.1 Å². The van der Waals surface area contributed by atoms with Crippen molar-refractivity contribution in [3.8, 4) is 11.5 Å². The number of nitrogen functional groups attached to an aromatic ring is 1. The summed E-state index contributed by atoms with van der Waals surface area (Å²) in [7, 11) is 2.03. The van der Waals surface area contributed by atoms with E-state index in [4.69, 9.17) is 24.9 Å². The standard InChI is InChI=1S/C24H29BN6O5S/c1-13(36-14(2)32)23(33)30-6-3-15(4-7-30)5-8-31-22-20(21(26)27-11-28-22)29-24(31)37-19-10-18-17(9-16(19)25)34-12-35-18/h9-11,13,15H,3-8,12,25H2,1-2H3,(H2,26,27,28)/t13-/m0/s1. The van der Waals surface area contributed by atoms with Crippen molar-refractivity contribution in [2.75, 3.05) is 25.6 Å². The number of amides is 1. The highest BCUT2D eigenvalue weighted by Gasteiger charge is 2.28. The largest absolute Gasteiger partial charge is 0.454 e. The number of carbonyl (C=O) groups is 2. The zero-order valence-corrected chi connectivity index (χ0v) is 21.9. The van der Waals surface area contributed by atoms with E-state index in [9.17, 15) is 9.59 Å². The van der Waals surface area contributed by atoms with Crippen molar-refractivity contribution in [1.29, 1.82) is 0 Å². The summed E-state index contributed by atoms with van der Waals surface area (Å²) in [5, 5.41) is 0.784. The first kappa shape index (κ1) is 25.2. The molecule has 0 bridgehead atoms. The molecule has 194 valence electrons. The van der Waals surface area contributed by atoms with E-state index in [-0.39, 0.29) is 12.7 Å². The molecular formula is C24H29BN6O5S. The molecule has 4 heterocycles. The van der Waals surface area contributed by atoms with E-state index in [0.717, 1.165) is 46.3 Å². The highest BCUT2D eigenvalue weighted by Crippen LogP contribution is 2.37. The predicted molar refractivity (Wildman–Crippen MR) is 140 cm³/mol. The Morgan fingerprint density at radius 1 is 1.24 bits per heavy atom. The number of piperidine rings is 1. The van der Waals surface area contributed by atoms with Gasteiger partial charge in [-0.05, 0) is 44.2 Å². The summed E-state index contributed by atoms with van der Waals surface area (Å²) < 4.78 is 18.2. The number of carbonyl (C=O) groups excluding carboxylic acids is 2. The molecule has 5 rings (SSSR count). The van der Waals surface area contributed by atoms with Crippen LogP contribution >= 0.6 is 11.8 Å². The van der Waals surface area contributed by atoms with Crippen LogP contribution in [0, 0.1) is 5.92 Å². The van der Waals surface area contributed by atoms with Crippen molar-refractivity contribution >= 4 is 53.9 Å². The summed E-state index contributed by atoms with van der Waals surface area (Å²) in [4.78, 5) is 40.0. The Kier molecular flexibility index (Phi) is 7.14. The van der Waals surface area contributed by atoms with Crippen LogP contribution in [0.25, 0.3) is 11.2 Å². The molecule has 37 heavy (non-hydrogen) atoms. The normalized spacial score (nSPS) is 16.2. The third-order valence-corrected chi connectivity index (χ3v) is 7.93. The lowest BCUT2D eigenvalue weighted by Gasteiger charge is -2.33. The molecule has 11 nitrogen and oxygen atoms in total. The van der Waals surface area contributed by atoms with Crippen molar-refractivity contribution in [2.45, 2.75) is 55.8 Å². The Morgan fingerprint density at radius 3 is 2.70 bits per heavy atom. The van der Waals surface area contributed by atoms with Gasteiger partial charge in [0.15, 0.2) is 39.7 Å². The summed E-state index contributed by atoms with van der Waals surface area (Å²) in [5.74, 6) is 1.67. The number of imidazole rings is 1. The van der Waals surface area contributed by atoms with Crippen LogP contribution in [0.15, 0.2) is 28.5 Å². The minimum Gasteiger partial charge on any atom is -0.454 e. The quantitative estimate of drug-likeness (QED) is 0.354. The Balaban J connectivity index is 1.30. The van der Waals surface area contributed by atoms with Crippen molar-refractivity contribution in [3.63, 3.8) is 0 Å². The Hall–Kier alpha value is -3.48. The maximum Gasteiger partial charge on any atom is 0.303 e. The molecule has 2 aliphatic heterocycles. The van der Waals surface area contributed by atoms with Gasteiger partial charge in [0.2, 0.25) is 6.79 Å². The molecule has 0 unspecified atom stereocenters. The fraction of sp³-hybridized carbons (Fsp3) is 0.458. The summed E-state index contributed by atoms with van der Waals surface area (Å²) in [6.45, 7) is 5.16. The summed E-state index contributed by atoms with van der Waals surface area (Å²) in [5.41, 5.74) is 8.48. The number of anilines is 1. The average molecular weight is 524 g/mol. The Labute approximate surface area is 219 Å². The number of aryl methyl sites for hydroxylation is 1. The molecule has 13 heteroatoms. The fourth-order valence-electron chi connectivity index (χ4n) is 4.76. The van der Waals surface area contributed by atoms with Crippen LogP contribution in [0.1, 0.15) is 33.1 Å². The first-order valence-corrected chi connectivity index (χ1v) is 13.1. The van der Waals surface area contributed by atoms with Crippen molar-refractivity contribution in [3.05, 3.63) is 18.5 Å². The Bertz CT molecular complexity index is 1340. The van der Waals surface area contributed by atoms with Gasteiger partial charge in [0, 0.05) is 31.5 Å². The molecule has 2 aromatic heterocycles. The molecule has 1 saturated heterocycles. The number of aromatic nitrogens is 4. The number of ether oxygens (including phenoxy) is 3. The molecule has 2 N–H and O–H groups in total. The van der Waals surface area contributed by atoms with Gasteiger partial charge in [-0.25, -0.2) is 15.0 Å².